The Bertz CT molecular complexity index is 2720. The molecule has 0 aliphatic heterocycles. The summed E-state index contributed by atoms with van der Waals surface area (Å²) in [6, 6.07) is 64.0. The van der Waals surface area contributed by atoms with Crippen LogP contribution in [0.25, 0.3) is 55.3 Å². The molecule has 2 heterocycles. The van der Waals surface area contributed by atoms with Crippen molar-refractivity contribution < 1.29 is 0 Å². The topological polar surface area (TPSA) is 13.1 Å². The van der Waals surface area contributed by atoms with Crippen molar-refractivity contribution in [2.24, 2.45) is 0 Å². The predicted molar refractivity (Wildman–Crippen MR) is 210 cm³/mol. The smallest absolute Gasteiger partial charge is 0.131 e. The van der Waals surface area contributed by atoms with Crippen LogP contribution in [-0.2, 0) is 5.41 Å². The highest BCUT2D eigenvalue weighted by molar-refractivity contribution is 6.23. The largest absolute Gasteiger partial charge is 0.310 e. The monoisotopic (exact) mass is 641 g/mol. The Morgan fingerprint density at radius 3 is 1.70 bits per heavy atom. The first kappa shape index (κ1) is 28.7. The van der Waals surface area contributed by atoms with E-state index >= 15 is 0 Å². The van der Waals surface area contributed by atoms with Gasteiger partial charge in [-0.2, -0.15) is 0 Å². The first-order valence-corrected chi connectivity index (χ1v) is 17.4. The van der Waals surface area contributed by atoms with Crippen molar-refractivity contribution in [1.82, 2.24) is 9.13 Å². The SMILES string of the molecule is CC1(C)c2ccccc2-c2ccc(N(c3ccccc3)c3ccc4c5c6ccccc6n(-c6ccccc6)c5n(-c5ccccc5)c4c3)cc21. The quantitative estimate of drug-likeness (QED) is 0.182. The zero-order valence-electron chi connectivity index (χ0n) is 28.1. The normalized spacial score (nSPS) is 13.2. The van der Waals surface area contributed by atoms with E-state index in [0.717, 1.165) is 28.4 Å². The fraction of sp³-hybridized carbons (Fsp3) is 0.0638. The van der Waals surface area contributed by atoms with Gasteiger partial charge in [-0.25, -0.2) is 0 Å². The van der Waals surface area contributed by atoms with Crippen molar-refractivity contribution in [1.29, 1.82) is 0 Å². The number of fused-ring (bicyclic) bond motifs is 8. The molecule has 10 rings (SSSR count). The number of aromatic nitrogens is 2. The van der Waals surface area contributed by atoms with Gasteiger partial charge in [0.15, 0.2) is 0 Å². The van der Waals surface area contributed by atoms with Crippen LogP contribution in [0.1, 0.15) is 25.0 Å². The van der Waals surface area contributed by atoms with Gasteiger partial charge < -0.3 is 4.90 Å². The van der Waals surface area contributed by atoms with E-state index in [4.69, 9.17) is 0 Å². The van der Waals surface area contributed by atoms with E-state index in [-0.39, 0.29) is 5.41 Å². The molecule has 3 nitrogen and oxygen atoms in total. The number of hydrogen-bond acceptors (Lipinski definition) is 1. The van der Waals surface area contributed by atoms with Gasteiger partial charge in [0, 0.05) is 50.0 Å². The molecule has 0 unspecified atom stereocenters. The van der Waals surface area contributed by atoms with E-state index in [1.807, 2.05) is 0 Å². The van der Waals surface area contributed by atoms with Gasteiger partial charge in [0.2, 0.25) is 0 Å². The highest BCUT2D eigenvalue weighted by Gasteiger charge is 2.35. The third kappa shape index (κ3) is 4.10. The number of anilines is 3. The zero-order chi connectivity index (χ0) is 33.4. The second kappa shape index (κ2) is 10.8. The average molecular weight is 642 g/mol. The Morgan fingerprint density at radius 1 is 0.420 bits per heavy atom. The number of benzene rings is 7. The van der Waals surface area contributed by atoms with Gasteiger partial charge in [-0.05, 0) is 89.0 Å². The molecule has 0 fully saturated rings. The summed E-state index contributed by atoms with van der Waals surface area (Å²) in [5.74, 6) is 0. The molecule has 9 aromatic rings. The van der Waals surface area contributed by atoms with Gasteiger partial charge in [0.25, 0.3) is 0 Å². The zero-order valence-corrected chi connectivity index (χ0v) is 28.1. The average Bonchev–Trinajstić information content (AvgIpc) is 3.76. The molecule has 0 radical (unpaired) electrons. The van der Waals surface area contributed by atoms with Crippen LogP contribution in [0, 0.1) is 0 Å². The Kier molecular flexibility index (Phi) is 6.22. The molecule has 0 amide bonds. The Hall–Kier alpha value is -6.32. The van der Waals surface area contributed by atoms with Crippen molar-refractivity contribution >= 4 is 49.9 Å². The molecule has 0 atom stereocenters. The van der Waals surface area contributed by atoms with E-state index < -0.39 is 0 Å². The van der Waals surface area contributed by atoms with Crippen LogP contribution < -0.4 is 4.90 Å². The van der Waals surface area contributed by atoms with Gasteiger partial charge >= 0.3 is 0 Å². The molecule has 0 saturated heterocycles. The maximum atomic E-state index is 2.45. The molecule has 1 aliphatic rings. The summed E-state index contributed by atoms with van der Waals surface area (Å²) < 4.78 is 4.87. The third-order valence-electron chi connectivity index (χ3n) is 10.7. The van der Waals surface area contributed by atoms with Gasteiger partial charge in [-0.15, -0.1) is 0 Å². The summed E-state index contributed by atoms with van der Waals surface area (Å²) in [5, 5.41) is 3.74. The molecule has 0 N–H and O–H groups in total. The van der Waals surface area contributed by atoms with E-state index in [0.29, 0.717) is 0 Å². The molecule has 1 aliphatic carbocycles. The summed E-state index contributed by atoms with van der Waals surface area (Å²) in [7, 11) is 0. The summed E-state index contributed by atoms with van der Waals surface area (Å²) in [6.07, 6.45) is 0. The predicted octanol–water partition coefficient (Wildman–Crippen LogP) is 12.5. The molecular weight excluding hydrogens is 607 g/mol. The van der Waals surface area contributed by atoms with Crippen molar-refractivity contribution in [3.63, 3.8) is 0 Å². The lowest BCUT2D eigenvalue weighted by atomic mass is 9.82. The van der Waals surface area contributed by atoms with E-state index in [1.54, 1.807) is 0 Å². The van der Waals surface area contributed by atoms with Crippen molar-refractivity contribution in [3.8, 4) is 22.5 Å². The van der Waals surface area contributed by atoms with Crippen LogP contribution in [0.15, 0.2) is 176 Å². The molecule has 0 saturated carbocycles. The van der Waals surface area contributed by atoms with Gasteiger partial charge in [-0.1, -0.05) is 123 Å². The second-order valence-corrected chi connectivity index (χ2v) is 13.8. The first-order valence-electron chi connectivity index (χ1n) is 17.4. The van der Waals surface area contributed by atoms with Crippen molar-refractivity contribution in [2.45, 2.75) is 19.3 Å². The minimum absolute atomic E-state index is 0.0919. The molecule has 0 bridgehead atoms. The molecule has 3 heteroatoms. The highest BCUT2D eigenvalue weighted by Crippen LogP contribution is 2.51. The van der Waals surface area contributed by atoms with E-state index in [9.17, 15) is 0 Å². The fourth-order valence-corrected chi connectivity index (χ4v) is 8.41. The number of nitrogens with zero attached hydrogens (tertiary/aromatic N) is 3. The summed E-state index contributed by atoms with van der Waals surface area (Å²) in [6.45, 7) is 4.70. The minimum atomic E-state index is -0.0919. The van der Waals surface area contributed by atoms with Crippen LogP contribution in [0.2, 0.25) is 0 Å². The number of hydrogen-bond donors (Lipinski definition) is 0. The Balaban J connectivity index is 1.26. The molecular formula is C47H35N3. The van der Waals surface area contributed by atoms with Crippen molar-refractivity contribution in [2.75, 3.05) is 4.90 Å². The second-order valence-electron chi connectivity index (χ2n) is 13.8. The van der Waals surface area contributed by atoms with E-state index in [2.05, 4.69) is 204 Å². The Labute approximate surface area is 291 Å². The lowest BCUT2D eigenvalue weighted by Gasteiger charge is -2.28. The maximum absolute atomic E-state index is 2.45. The minimum Gasteiger partial charge on any atom is -0.310 e. The van der Waals surface area contributed by atoms with Crippen LogP contribution in [-0.4, -0.2) is 9.13 Å². The van der Waals surface area contributed by atoms with Crippen LogP contribution in [0.3, 0.4) is 0 Å². The molecule has 0 spiro atoms. The van der Waals surface area contributed by atoms with Gasteiger partial charge in [0.1, 0.15) is 5.65 Å². The standard InChI is InChI=1S/C47H35N3/c1-47(2)41-24-14-12-22-37(41)38-28-26-35(30-42(38)47)48(32-16-6-3-7-17-32)36-27-29-40-44(31-36)50(34-20-10-5-11-21-34)46-45(40)39-23-13-15-25-43(39)49(46)33-18-8-4-9-19-33/h3-31H,1-2H3. The first-order chi connectivity index (χ1) is 24.6. The molecule has 2 aromatic heterocycles. The van der Waals surface area contributed by atoms with Crippen molar-refractivity contribution in [3.05, 3.63) is 187 Å². The number of para-hydroxylation sites is 4. The lowest BCUT2D eigenvalue weighted by molar-refractivity contribution is 0.660. The maximum Gasteiger partial charge on any atom is 0.131 e. The lowest BCUT2D eigenvalue weighted by Crippen LogP contribution is -2.16. The summed E-state index contributed by atoms with van der Waals surface area (Å²) in [5.41, 5.74) is 14.5. The van der Waals surface area contributed by atoms with Crippen LogP contribution >= 0.6 is 0 Å². The Morgan fingerprint density at radius 2 is 0.960 bits per heavy atom. The molecule has 50 heavy (non-hydrogen) atoms. The summed E-state index contributed by atoms with van der Waals surface area (Å²) in [4.78, 5) is 2.41. The number of rotatable bonds is 5. The highest BCUT2D eigenvalue weighted by atomic mass is 15.2. The van der Waals surface area contributed by atoms with Gasteiger partial charge in [-0.3, -0.25) is 9.13 Å². The molecule has 7 aromatic carbocycles. The van der Waals surface area contributed by atoms with Crippen LogP contribution in [0.4, 0.5) is 17.1 Å². The fourth-order valence-electron chi connectivity index (χ4n) is 8.41. The third-order valence-corrected chi connectivity index (χ3v) is 10.7. The van der Waals surface area contributed by atoms with Crippen LogP contribution in [0.5, 0.6) is 0 Å². The summed E-state index contributed by atoms with van der Waals surface area (Å²) >= 11 is 0. The molecule has 238 valence electrons. The van der Waals surface area contributed by atoms with Gasteiger partial charge in [0.05, 0.1) is 11.0 Å². The van der Waals surface area contributed by atoms with E-state index in [1.165, 1.54) is 55.1 Å².